The number of hydrogen-bond donors (Lipinski definition) is 0. The van der Waals surface area contributed by atoms with E-state index in [-0.39, 0.29) is 5.75 Å². The van der Waals surface area contributed by atoms with Crippen molar-refractivity contribution in [2.75, 3.05) is 18.8 Å². The second-order valence-electron chi connectivity index (χ2n) is 4.38. The molecule has 94 valence electrons. The number of hydrogen-bond acceptors (Lipinski definition) is 3. The van der Waals surface area contributed by atoms with Crippen molar-refractivity contribution in [3.63, 3.8) is 0 Å². The molecule has 5 heteroatoms. The lowest BCUT2D eigenvalue weighted by Crippen LogP contribution is -2.37. The van der Waals surface area contributed by atoms with Crippen molar-refractivity contribution in [1.29, 1.82) is 0 Å². The van der Waals surface area contributed by atoms with Crippen LogP contribution in [0.4, 0.5) is 0 Å². The van der Waals surface area contributed by atoms with E-state index in [0.29, 0.717) is 19.5 Å². The fourth-order valence-electron chi connectivity index (χ4n) is 2.07. The van der Waals surface area contributed by atoms with Crippen LogP contribution in [0.2, 0.25) is 0 Å². The Hall–Kier alpha value is -0.940. The summed E-state index contributed by atoms with van der Waals surface area (Å²) in [5, 5.41) is 0. The molecule has 1 aromatic rings. The molecule has 1 aliphatic rings. The maximum atomic E-state index is 12.1. The van der Waals surface area contributed by atoms with Gasteiger partial charge in [-0.3, -0.25) is 4.98 Å². The largest absolute Gasteiger partial charge is 0.265 e. The molecule has 0 aromatic carbocycles. The van der Waals surface area contributed by atoms with Crippen molar-refractivity contribution in [2.24, 2.45) is 0 Å². The number of piperidine rings is 1. The van der Waals surface area contributed by atoms with E-state index in [9.17, 15) is 8.42 Å². The first-order valence-electron chi connectivity index (χ1n) is 6.05. The topological polar surface area (TPSA) is 50.3 Å². The van der Waals surface area contributed by atoms with E-state index in [1.165, 1.54) is 0 Å². The molecular formula is C12H18N2O2S. The van der Waals surface area contributed by atoms with E-state index >= 15 is 0 Å². The summed E-state index contributed by atoms with van der Waals surface area (Å²) in [5.74, 6) is 0.205. The highest BCUT2D eigenvalue weighted by Crippen LogP contribution is 2.14. The molecule has 1 saturated heterocycles. The van der Waals surface area contributed by atoms with Crippen LogP contribution < -0.4 is 0 Å². The third kappa shape index (κ3) is 3.51. The minimum atomic E-state index is -3.07. The molecule has 1 aliphatic heterocycles. The minimum Gasteiger partial charge on any atom is -0.265 e. The van der Waals surface area contributed by atoms with Crippen LogP contribution in [-0.2, 0) is 16.4 Å². The molecule has 2 rings (SSSR count). The molecule has 17 heavy (non-hydrogen) atoms. The summed E-state index contributed by atoms with van der Waals surface area (Å²) in [6.45, 7) is 1.39. The molecule has 1 fully saturated rings. The zero-order valence-electron chi connectivity index (χ0n) is 9.88. The first-order valence-corrected chi connectivity index (χ1v) is 7.66. The van der Waals surface area contributed by atoms with Crippen molar-refractivity contribution >= 4 is 10.0 Å². The Morgan fingerprint density at radius 1 is 1.12 bits per heavy atom. The molecule has 4 nitrogen and oxygen atoms in total. The fourth-order valence-corrected chi connectivity index (χ4v) is 3.63. The van der Waals surface area contributed by atoms with Crippen LogP contribution in [0.1, 0.15) is 24.8 Å². The van der Waals surface area contributed by atoms with Gasteiger partial charge in [-0.2, -0.15) is 0 Å². The van der Waals surface area contributed by atoms with Gasteiger partial charge in [-0.25, -0.2) is 12.7 Å². The lowest BCUT2D eigenvalue weighted by atomic mass is 10.2. The van der Waals surface area contributed by atoms with E-state index in [4.69, 9.17) is 0 Å². The average Bonchev–Trinajstić information content (AvgIpc) is 2.39. The first kappa shape index (κ1) is 12.5. The van der Waals surface area contributed by atoms with Crippen LogP contribution >= 0.6 is 0 Å². The summed E-state index contributed by atoms with van der Waals surface area (Å²) < 4.78 is 25.8. The molecule has 0 amide bonds. The lowest BCUT2D eigenvalue weighted by Gasteiger charge is -2.25. The zero-order valence-corrected chi connectivity index (χ0v) is 10.7. The van der Waals surface area contributed by atoms with E-state index in [1.807, 2.05) is 12.1 Å². The van der Waals surface area contributed by atoms with E-state index in [2.05, 4.69) is 4.98 Å². The van der Waals surface area contributed by atoms with Crippen LogP contribution in [0.15, 0.2) is 24.5 Å². The third-order valence-corrected chi connectivity index (χ3v) is 4.98. The predicted molar refractivity (Wildman–Crippen MR) is 67.2 cm³/mol. The Kier molecular flexibility index (Phi) is 4.12. The molecule has 0 N–H and O–H groups in total. The summed E-state index contributed by atoms with van der Waals surface area (Å²) >= 11 is 0. The Morgan fingerprint density at radius 2 is 1.76 bits per heavy atom. The van der Waals surface area contributed by atoms with Crippen LogP contribution in [0.5, 0.6) is 0 Å². The molecule has 0 spiro atoms. The molecule has 0 unspecified atom stereocenters. The van der Waals surface area contributed by atoms with E-state index < -0.39 is 10.0 Å². The second-order valence-corrected chi connectivity index (χ2v) is 6.47. The minimum absolute atomic E-state index is 0.205. The molecule has 1 aromatic heterocycles. The smallest absolute Gasteiger partial charge is 0.214 e. The highest BCUT2D eigenvalue weighted by Gasteiger charge is 2.23. The van der Waals surface area contributed by atoms with Crippen LogP contribution in [-0.4, -0.2) is 36.5 Å². The number of sulfonamides is 1. The van der Waals surface area contributed by atoms with Gasteiger partial charge in [-0.15, -0.1) is 0 Å². The maximum absolute atomic E-state index is 12.1. The first-order chi connectivity index (χ1) is 8.18. The van der Waals surface area contributed by atoms with Gasteiger partial charge in [0, 0.05) is 25.5 Å². The van der Waals surface area contributed by atoms with Gasteiger partial charge in [0.25, 0.3) is 0 Å². The predicted octanol–water partition coefficient (Wildman–Crippen LogP) is 1.44. The van der Waals surface area contributed by atoms with Gasteiger partial charge in [-0.05, 0) is 37.0 Å². The van der Waals surface area contributed by atoms with Crippen molar-refractivity contribution in [3.8, 4) is 0 Å². The highest BCUT2D eigenvalue weighted by molar-refractivity contribution is 7.89. The zero-order chi connectivity index (χ0) is 12.1. The number of aryl methyl sites for hydroxylation is 1. The maximum Gasteiger partial charge on any atom is 0.214 e. The highest BCUT2D eigenvalue weighted by atomic mass is 32.2. The molecular weight excluding hydrogens is 236 g/mol. The Labute approximate surface area is 103 Å². The van der Waals surface area contributed by atoms with Gasteiger partial charge in [0.15, 0.2) is 0 Å². The molecule has 0 aliphatic carbocycles. The van der Waals surface area contributed by atoms with Gasteiger partial charge in [0.2, 0.25) is 10.0 Å². The molecule has 0 bridgehead atoms. The van der Waals surface area contributed by atoms with Crippen molar-refractivity contribution in [1.82, 2.24) is 9.29 Å². The van der Waals surface area contributed by atoms with Crippen molar-refractivity contribution in [3.05, 3.63) is 30.1 Å². The van der Waals surface area contributed by atoms with Gasteiger partial charge < -0.3 is 0 Å². The summed E-state index contributed by atoms with van der Waals surface area (Å²) in [6.07, 6.45) is 7.10. The molecule has 0 radical (unpaired) electrons. The monoisotopic (exact) mass is 254 g/mol. The standard InChI is InChI=1S/C12H18N2O2S/c15-17(16,14-9-2-1-3-10-14)11-6-12-4-7-13-8-5-12/h4-5,7-8H,1-3,6,9-11H2. The second kappa shape index (κ2) is 5.60. The van der Waals surface area contributed by atoms with E-state index in [1.54, 1.807) is 16.7 Å². The van der Waals surface area contributed by atoms with E-state index in [0.717, 1.165) is 24.8 Å². The summed E-state index contributed by atoms with van der Waals surface area (Å²) in [7, 11) is -3.07. The number of nitrogens with zero attached hydrogens (tertiary/aromatic N) is 2. The number of aromatic nitrogens is 1. The van der Waals surface area contributed by atoms with Gasteiger partial charge in [0.05, 0.1) is 5.75 Å². The van der Waals surface area contributed by atoms with Crippen molar-refractivity contribution < 1.29 is 8.42 Å². The molecule has 0 saturated carbocycles. The Morgan fingerprint density at radius 3 is 2.41 bits per heavy atom. The quantitative estimate of drug-likeness (QED) is 0.817. The third-order valence-electron chi connectivity index (χ3n) is 3.11. The van der Waals surface area contributed by atoms with Gasteiger partial charge in [0.1, 0.15) is 0 Å². The summed E-state index contributed by atoms with van der Waals surface area (Å²) in [5.41, 5.74) is 1.03. The number of pyridine rings is 1. The normalized spacial score (nSPS) is 18.1. The van der Waals surface area contributed by atoms with Crippen molar-refractivity contribution in [2.45, 2.75) is 25.7 Å². The number of rotatable bonds is 4. The molecule has 2 heterocycles. The average molecular weight is 254 g/mol. The fraction of sp³-hybridized carbons (Fsp3) is 0.583. The Bertz CT molecular complexity index is 439. The van der Waals surface area contributed by atoms with Crippen LogP contribution in [0, 0.1) is 0 Å². The van der Waals surface area contributed by atoms with Gasteiger partial charge >= 0.3 is 0 Å². The van der Waals surface area contributed by atoms with Crippen LogP contribution in [0.3, 0.4) is 0 Å². The lowest BCUT2D eigenvalue weighted by molar-refractivity contribution is 0.346. The summed E-state index contributed by atoms with van der Waals surface area (Å²) in [6, 6.07) is 3.73. The summed E-state index contributed by atoms with van der Waals surface area (Å²) in [4.78, 5) is 3.92. The van der Waals surface area contributed by atoms with Crippen LogP contribution in [0.25, 0.3) is 0 Å². The Balaban J connectivity index is 1.93. The molecule has 0 atom stereocenters. The SMILES string of the molecule is O=S(=O)(CCc1ccncc1)N1CCCCC1. The van der Waals surface area contributed by atoms with Gasteiger partial charge in [-0.1, -0.05) is 6.42 Å².